The largest absolute Gasteiger partial charge is 0.495 e. The number of hydrogen-bond acceptors (Lipinski definition) is 6. The second-order valence-electron chi connectivity index (χ2n) is 8.21. The highest BCUT2D eigenvalue weighted by Crippen LogP contribution is 2.43. The van der Waals surface area contributed by atoms with Gasteiger partial charge in [0, 0.05) is 35.1 Å². The lowest BCUT2D eigenvalue weighted by atomic mass is 9.94. The van der Waals surface area contributed by atoms with Gasteiger partial charge in [0.05, 0.1) is 11.8 Å². The minimum Gasteiger partial charge on any atom is -0.495 e. The van der Waals surface area contributed by atoms with Crippen molar-refractivity contribution >= 4 is 38.7 Å². The van der Waals surface area contributed by atoms with Gasteiger partial charge < -0.3 is 15.4 Å². The maximum atomic E-state index is 12.2. The van der Waals surface area contributed by atoms with Crippen molar-refractivity contribution in [2.45, 2.75) is 25.7 Å². The molecule has 1 aromatic carbocycles. The van der Waals surface area contributed by atoms with Crippen molar-refractivity contribution in [2.75, 3.05) is 25.9 Å². The summed E-state index contributed by atoms with van der Waals surface area (Å²) in [5.41, 5.74) is 10.3. The van der Waals surface area contributed by atoms with Crippen LogP contribution in [0.25, 0.3) is 26.0 Å². The molecule has 1 saturated heterocycles. The molecule has 0 unspecified atom stereocenters. The Labute approximate surface area is 190 Å². The number of benzene rings is 1. The number of hydrogen-bond donors (Lipinski definition) is 1. The predicted octanol–water partition coefficient (Wildman–Crippen LogP) is 4.40. The van der Waals surface area contributed by atoms with E-state index in [1.807, 2.05) is 9.42 Å². The van der Waals surface area contributed by atoms with E-state index in [2.05, 4.69) is 47.9 Å². The number of carbonyl (C=O) groups excluding carboxylic acids is 1. The number of nitrogens with zero attached hydrogens (tertiary/aromatic N) is 4. The minimum atomic E-state index is -0.0307. The fourth-order valence-electron chi connectivity index (χ4n) is 4.67. The third-order valence-electron chi connectivity index (χ3n) is 6.15. The Morgan fingerprint density at radius 2 is 2.19 bits per heavy atom. The fraction of sp³-hybridized carbons (Fsp3) is 0.292. The van der Waals surface area contributed by atoms with E-state index >= 15 is 0 Å². The third-order valence-corrected chi connectivity index (χ3v) is 7.35. The molecule has 7 nitrogen and oxygen atoms in total. The minimum absolute atomic E-state index is 0.0307. The van der Waals surface area contributed by atoms with E-state index in [0.717, 1.165) is 62.4 Å². The van der Waals surface area contributed by atoms with Crippen LogP contribution in [-0.2, 0) is 4.79 Å². The van der Waals surface area contributed by atoms with Gasteiger partial charge in [0.1, 0.15) is 17.6 Å². The van der Waals surface area contributed by atoms with Gasteiger partial charge in [-0.05, 0) is 55.0 Å². The normalized spacial score (nSPS) is 16.6. The number of thiophene rings is 1. The highest BCUT2D eigenvalue weighted by molar-refractivity contribution is 7.22. The van der Waals surface area contributed by atoms with Crippen LogP contribution in [0.15, 0.2) is 43.2 Å². The van der Waals surface area contributed by atoms with Gasteiger partial charge >= 0.3 is 0 Å². The number of ether oxygens (including phenoxy) is 1. The molecule has 0 saturated carbocycles. The standard InChI is InChI=1S/C24H25N5O2S/c1-4-21(30)28-7-5-6-15(12-28)18-11-17(22-24(25)26-13-27-29(18)22)20-10-16-8-14(2)9-19(31-3)23(16)32-20/h4,8-11,13,15H,1,5-7,12H2,2-3H3,(H2,25,26,27)/t15-/m0/s1. The first-order valence-corrected chi connectivity index (χ1v) is 11.4. The van der Waals surface area contributed by atoms with Crippen molar-refractivity contribution in [2.24, 2.45) is 0 Å². The Morgan fingerprint density at radius 1 is 1.34 bits per heavy atom. The molecule has 8 heteroatoms. The first-order valence-electron chi connectivity index (χ1n) is 10.6. The van der Waals surface area contributed by atoms with Crippen LogP contribution in [0.1, 0.15) is 30.0 Å². The molecule has 0 spiro atoms. The zero-order valence-electron chi connectivity index (χ0n) is 18.2. The number of anilines is 1. The number of aromatic nitrogens is 3. The van der Waals surface area contributed by atoms with E-state index in [1.54, 1.807) is 18.4 Å². The summed E-state index contributed by atoms with van der Waals surface area (Å²) in [6.45, 7) is 7.10. The Hall–Kier alpha value is -3.39. The quantitative estimate of drug-likeness (QED) is 0.469. The average Bonchev–Trinajstić information content (AvgIpc) is 3.40. The second-order valence-corrected chi connectivity index (χ2v) is 9.26. The van der Waals surface area contributed by atoms with Crippen molar-refractivity contribution in [3.8, 4) is 16.2 Å². The van der Waals surface area contributed by atoms with Gasteiger partial charge in [-0.15, -0.1) is 11.3 Å². The first-order chi connectivity index (χ1) is 15.5. The average molecular weight is 448 g/mol. The topological polar surface area (TPSA) is 85.8 Å². The van der Waals surface area contributed by atoms with Crippen LogP contribution in [-0.4, -0.2) is 45.6 Å². The van der Waals surface area contributed by atoms with Crippen molar-refractivity contribution < 1.29 is 9.53 Å². The highest BCUT2D eigenvalue weighted by atomic mass is 32.1. The number of nitrogen functional groups attached to an aromatic ring is 1. The number of fused-ring (bicyclic) bond motifs is 2. The van der Waals surface area contributed by atoms with Gasteiger partial charge in [0.25, 0.3) is 0 Å². The van der Waals surface area contributed by atoms with Gasteiger partial charge in [-0.2, -0.15) is 5.10 Å². The molecular formula is C24H25N5O2S. The van der Waals surface area contributed by atoms with E-state index in [4.69, 9.17) is 10.5 Å². The van der Waals surface area contributed by atoms with E-state index in [1.165, 1.54) is 12.4 Å². The zero-order chi connectivity index (χ0) is 22.4. The fourth-order valence-corrected chi connectivity index (χ4v) is 5.82. The molecule has 5 rings (SSSR count). The molecule has 1 amide bonds. The maximum absolute atomic E-state index is 12.2. The molecule has 32 heavy (non-hydrogen) atoms. The molecule has 2 N–H and O–H groups in total. The van der Waals surface area contributed by atoms with Gasteiger partial charge in [-0.25, -0.2) is 9.50 Å². The van der Waals surface area contributed by atoms with Crippen molar-refractivity contribution in [3.63, 3.8) is 0 Å². The first kappa shape index (κ1) is 20.5. The lowest BCUT2D eigenvalue weighted by Crippen LogP contribution is -2.38. The predicted molar refractivity (Wildman–Crippen MR) is 128 cm³/mol. The molecule has 0 aliphatic carbocycles. The maximum Gasteiger partial charge on any atom is 0.245 e. The number of aryl methyl sites for hydroxylation is 1. The number of carbonyl (C=O) groups is 1. The smallest absolute Gasteiger partial charge is 0.245 e. The number of rotatable bonds is 4. The van der Waals surface area contributed by atoms with Crippen LogP contribution in [0.5, 0.6) is 5.75 Å². The molecule has 3 aromatic heterocycles. The number of amides is 1. The Kier molecular flexibility index (Phi) is 5.09. The van der Waals surface area contributed by atoms with E-state index < -0.39 is 0 Å². The molecular weight excluding hydrogens is 422 g/mol. The molecule has 1 fully saturated rings. The molecule has 4 aromatic rings. The summed E-state index contributed by atoms with van der Waals surface area (Å²) in [6, 6.07) is 8.56. The van der Waals surface area contributed by atoms with Crippen LogP contribution in [0.2, 0.25) is 0 Å². The zero-order valence-corrected chi connectivity index (χ0v) is 19.0. The Bertz CT molecular complexity index is 1360. The summed E-state index contributed by atoms with van der Waals surface area (Å²) in [7, 11) is 1.70. The summed E-state index contributed by atoms with van der Waals surface area (Å²) in [5.74, 6) is 1.44. The van der Waals surface area contributed by atoms with Crippen molar-refractivity contribution in [1.29, 1.82) is 0 Å². The van der Waals surface area contributed by atoms with Gasteiger partial charge in [0.2, 0.25) is 5.91 Å². The van der Waals surface area contributed by atoms with E-state index in [9.17, 15) is 4.79 Å². The molecule has 4 heterocycles. The monoisotopic (exact) mass is 447 g/mol. The highest BCUT2D eigenvalue weighted by Gasteiger charge is 2.28. The van der Waals surface area contributed by atoms with E-state index in [0.29, 0.717) is 12.4 Å². The second kappa shape index (κ2) is 7.94. The molecule has 1 atom stereocenters. The van der Waals surface area contributed by atoms with Crippen molar-refractivity contribution in [1.82, 2.24) is 19.5 Å². The summed E-state index contributed by atoms with van der Waals surface area (Å²) < 4.78 is 8.63. The number of piperidine rings is 1. The van der Waals surface area contributed by atoms with Gasteiger partial charge in [-0.1, -0.05) is 12.6 Å². The number of likely N-dealkylation sites (tertiary alicyclic amines) is 1. The SMILES string of the molecule is C=CC(=O)N1CCC[C@H](c2cc(-c3cc4cc(C)cc(OC)c4s3)c3c(N)ncnn23)C1. The van der Waals surface area contributed by atoms with Crippen LogP contribution < -0.4 is 10.5 Å². The summed E-state index contributed by atoms with van der Waals surface area (Å²) in [5, 5.41) is 5.67. The van der Waals surface area contributed by atoms with Crippen LogP contribution in [0.4, 0.5) is 5.82 Å². The summed E-state index contributed by atoms with van der Waals surface area (Å²) in [4.78, 5) is 19.4. The van der Waals surface area contributed by atoms with E-state index in [-0.39, 0.29) is 11.8 Å². The number of nitrogens with two attached hydrogens (primary N) is 1. The molecule has 0 bridgehead atoms. The molecule has 164 valence electrons. The molecule has 1 aliphatic rings. The Balaban J connectivity index is 1.66. The third kappa shape index (κ3) is 3.31. The molecule has 0 radical (unpaired) electrons. The van der Waals surface area contributed by atoms with Crippen LogP contribution in [0.3, 0.4) is 0 Å². The number of methoxy groups -OCH3 is 1. The van der Waals surface area contributed by atoms with Crippen LogP contribution >= 0.6 is 11.3 Å². The van der Waals surface area contributed by atoms with Gasteiger partial charge in [0.15, 0.2) is 5.82 Å². The lowest BCUT2D eigenvalue weighted by molar-refractivity contribution is -0.127. The van der Waals surface area contributed by atoms with Gasteiger partial charge in [-0.3, -0.25) is 4.79 Å². The molecule has 1 aliphatic heterocycles. The van der Waals surface area contributed by atoms with Crippen molar-refractivity contribution in [3.05, 3.63) is 54.5 Å². The lowest BCUT2D eigenvalue weighted by Gasteiger charge is -2.31. The Morgan fingerprint density at radius 3 is 2.97 bits per heavy atom. The summed E-state index contributed by atoms with van der Waals surface area (Å²) in [6.07, 6.45) is 4.79. The summed E-state index contributed by atoms with van der Waals surface area (Å²) >= 11 is 1.68. The van der Waals surface area contributed by atoms with Crippen LogP contribution in [0, 0.1) is 6.92 Å².